The predicted molar refractivity (Wildman–Crippen MR) is 85.7 cm³/mol. The first kappa shape index (κ1) is 17.9. The third-order valence-electron chi connectivity index (χ3n) is 3.20. The molecule has 0 bridgehead atoms. The van der Waals surface area contributed by atoms with Gasteiger partial charge in [0.15, 0.2) is 0 Å². The van der Waals surface area contributed by atoms with Gasteiger partial charge in [-0.05, 0) is 30.0 Å². The molecule has 0 radical (unpaired) electrons. The maximum atomic E-state index is 12.9. The van der Waals surface area contributed by atoms with Gasteiger partial charge in [-0.1, -0.05) is 26.8 Å². The van der Waals surface area contributed by atoms with E-state index in [2.05, 4.69) is 0 Å². The van der Waals surface area contributed by atoms with Crippen molar-refractivity contribution >= 4 is 15.7 Å². The number of aryl methyl sites for hydroxylation is 1. The predicted octanol–water partition coefficient (Wildman–Crippen LogP) is 2.12. The highest BCUT2D eigenvalue weighted by Gasteiger charge is 2.27. The van der Waals surface area contributed by atoms with Crippen LogP contribution in [-0.2, 0) is 21.2 Å². The number of nitrogen functional groups attached to an aromatic ring is 1. The van der Waals surface area contributed by atoms with Crippen LogP contribution >= 0.6 is 0 Å². The van der Waals surface area contributed by atoms with Crippen molar-refractivity contribution in [1.29, 1.82) is 0 Å². The topological polar surface area (TPSA) is 72.6 Å². The second-order valence-electron chi connectivity index (χ2n) is 5.47. The van der Waals surface area contributed by atoms with Crippen molar-refractivity contribution < 1.29 is 13.2 Å². The van der Waals surface area contributed by atoms with Crippen LogP contribution in [0.2, 0.25) is 0 Å². The van der Waals surface area contributed by atoms with Gasteiger partial charge in [0.25, 0.3) is 0 Å². The zero-order valence-corrected chi connectivity index (χ0v) is 14.1. The fourth-order valence-electron chi connectivity index (χ4n) is 2.15. The highest BCUT2D eigenvalue weighted by molar-refractivity contribution is 7.89. The van der Waals surface area contributed by atoms with Crippen LogP contribution in [0.1, 0.15) is 26.3 Å². The molecule has 0 spiro atoms. The Morgan fingerprint density at radius 1 is 1.33 bits per heavy atom. The highest BCUT2D eigenvalue weighted by Crippen LogP contribution is 2.24. The first-order valence-corrected chi connectivity index (χ1v) is 8.64. The van der Waals surface area contributed by atoms with E-state index in [1.54, 1.807) is 25.3 Å². The van der Waals surface area contributed by atoms with Gasteiger partial charge in [0, 0.05) is 25.9 Å². The molecule has 0 fully saturated rings. The lowest BCUT2D eigenvalue weighted by Gasteiger charge is -2.25. The summed E-state index contributed by atoms with van der Waals surface area (Å²) in [4.78, 5) is 0.307. The maximum absolute atomic E-state index is 12.9. The van der Waals surface area contributed by atoms with E-state index in [0.717, 1.165) is 5.56 Å². The Hall–Kier alpha value is -1.11. The molecule has 0 saturated heterocycles. The molecule has 0 aliphatic heterocycles. The number of anilines is 1. The number of nitrogens with two attached hydrogens (primary N) is 1. The molecule has 0 aliphatic rings. The summed E-state index contributed by atoms with van der Waals surface area (Å²) in [5.41, 5.74) is 7.02. The number of benzene rings is 1. The van der Waals surface area contributed by atoms with Crippen LogP contribution in [0.3, 0.4) is 0 Å². The Balaban J connectivity index is 3.24. The SMILES string of the molecule is CCc1ccc(N)cc1S(=O)(=O)N(CCOC)CC(C)C. The summed E-state index contributed by atoms with van der Waals surface area (Å²) in [5, 5.41) is 0. The fourth-order valence-corrected chi connectivity index (χ4v) is 4.07. The molecule has 0 heterocycles. The Morgan fingerprint density at radius 2 is 2.00 bits per heavy atom. The molecule has 1 rings (SSSR count). The number of sulfonamides is 1. The Labute approximate surface area is 128 Å². The summed E-state index contributed by atoms with van der Waals surface area (Å²) in [6.45, 7) is 7.10. The van der Waals surface area contributed by atoms with Gasteiger partial charge in [-0.25, -0.2) is 8.42 Å². The molecule has 5 nitrogen and oxygen atoms in total. The number of nitrogens with zero attached hydrogens (tertiary/aromatic N) is 1. The summed E-state index contributed by atoms with van der Waals surface area (Å²) in [6, 6.07) is 5.07. The number of ether oxygens (including phenoxy) is 1. The molecule has 120 valence electrons. The molecule has 0 unspecified atom stereocenters. The normalized spacial score (nSPS) is 12.3. The Kier molecular flexibility index (Phi) is 6.64. The van der Waals surface area contributed by atoms with Crippen molar-refractivity contribution in [2.45, 2.75) is 32.1 Å². The van der Waals surface area contributed by atoms with E-state index in [-0.39, 0.29) is 5.92 Å². The molecule has 0 amide bonds. The second kappa shape index (κ2) is 7.77. The van der Waals surface area contributed by atoms with Crippen LogP contribution in [0.25, 0.3) is 0 Å². The minimum absolute atomic E-state index is 0.239. The van der Waals surface area contributed by atoms with Crippen LogP contribution in [0.5, 0.6) is 0 Å². The zero-order valence-electron chi connectivity index (χ0n) is 13.3. The van der Waals surface area contributed by atoms with E-state index < -0.39 is 10.0 Å². The summed E-state index contributed by atoms with van der Waals surface area (Å²) in [5.74, 6) is 0.239. The number of methoxy groups -OCH3 is 1. The largest absolute Gasteiger partial charge is 0.399 e. The summed E-state index contributed by atoms with van der Waals surface area (Å²) in [7, 11) is -1.99. The van der Waals surface area contributed by atoms with Crippen molar-refractivity contribution in [3.05, 3.63) is 23.8 Å². The molecule has 1 aromatic rings. The zero-order chi connectivity index (χ0) is 16.0. The van der Waals surface area contributed by atoms with Gasteiger partial charge >= 0.3 is 0 Å². The van der Waals surface area contributed by atoms with Gasteiger partial charge in [0.05, 0.1) is 11.5 Å². The molecule has 0 aliphatic carbocycles. The molecule has 1 aromatic carbocycles. The molecular weight excluding hydrogens is 288 g/mol. The molecule has 0 atom stereocenters. The fraction of sp³-hybridized carbons (Fsp3) is 0.600. The van der Waals surface area contributed by atoms with Gasteiger partial charge in [-0.2, -0.15) is 4.31 Å². The minimum atomic E-state index is -3.56. The number of hydrogen-bond acceptors (Lipinski definition) is 4. The molecule has 6 heteroatoms. The Morgan fingerprint density at radius 3 is 2.52 bits per heavy atom. The molecule has 0 saturated carbocycles. The van der Waals surface area contributed by atoms with Gasteiger partial charge < -0.3 is 10.5 Å². The second-order valence-corrected chi connectivity index (χ2v) is 7.38. The average Bonchev–Trinajstić information content (AvgIpc) is 2.42. The molecule has 2 N–H and O–H groups in total. The van der Waals surface area contributed by atoms with Crippen molar-refractivity contribution in [1.82, 2.24) is 4.31 Å². The lowest BCUT2D eigenvalue weighted by Crippen LogP contribution is -2.37. The summed E-state index contributed by atoms with van der Waals surface area (Å²) >= 11 is 0. The summed E-state index contributed by atoms with van der Waals surface area (Å²) in [6.07, 6.45) is 0.647. The maximum Gasteiger partial charge on any atom is 0.243 e. The van der Waals surface area contributed by atoms with E-state index in [9.17, 15) is 8.42 Å². The van der Waals surface area contributed by atoms with E-state index in [1.165, 1.54) is 4.31 Å². The van der Waals surface area contributed by atoms with E-state index in [0.29, 0.717) is 36.7 Å². The number of rotatable bonds is 8. The van der Waals surface area contributed by atoms with Gasteiger partial charge in [-0.3, -0.25) is 0 Å². The van der Waals surface area contributed by atoms with E-state index in [1.807, 2.05) is 20.8 Å². The van der Waals surface area contributed by atoms with Crippen LogP contribution in [-0.4, -0.2) is 39.5 Å². The van der Waals surface area contributed by atoms with Gasteiger partial charge in [-0.15, -0.1) is 0 Å². The van der Waals surface area contributed by atoms with Crippen molar-refractivity contribution in [2.24, 2.45) is 5.92 Å². The van der Waals surface area contributed by atoms with Gasteiger partial charge in [0.1, 0.15) is 0 Å². The van der Waals surface area contributed by atoms with E-state index in [4.69, 9.17) is 10.5 Å². The van der Waals surface area contributed by atoms with Crippen molar-refractivity contribution in [2.75, 3.05) is 32.5 Å². The molecular formula is C15H26N2O3S. The van der Waals surface area contributed by atoms with E-state index >= 15 is 0 Å². The first-order valence-electron chi connectivity index (χ1n) is 7.20. The molecule has 21 heavy (non-hydrogen) atoms. The minimum Gasteiger partial charge on any atom is -0.399 e. The first-order chi connectivity index (χ1) is 9.82. The lowest BCUT2D eigenvalue weighted by molar-refractivity contribution is 0.175. The van der Waals surface area contributed by atoms with Crippen molar-refractivity contribution in [3.63, 3.8) is 0 Å². The monoisotopic (exact) mass is 314 g/mol. The average molecular weight is 314 g/mol. The van der Waals surface area contributed by atoms with Crippen LogP contribution < -0.4 is 5.73 Å². The molecule has 0 aromatic heterocycles. The van der Waals surface area contributed by atoms with Crippen LogP contribution in [0.15, 0.2) is 23.1 Å². The third kappa shape index (κ3) is 4.69. The van der Waals surface area contributed by atoms with Crippen LogP contribution in [0.4, 0.5) is 5.69 Å². The van der Waals surface area contributed by atoms with Crippen molar-refractivity contribution in [3.8, 4) is 0 Å². The summed E-state index contributed by atoms with van der Waals surface area (Å²) < 4.78 is 32.4. The standard InChI is InChI=1S/C15H26N2O3S/c1-5-13-6-7-14(16)10-15(13)21(18,19)17(8-9-20-4)11-12(2)3/h6-7,10,12H,5,8-9,11,16H2,1-4H3. The number of hydrogen-bond donors (Lipinski definition) is 1. The van der Waals surface area contributed by atoms with Crippen LogP contribution in [0, 0.1) is 5.92 Å². The third-order valence-corrected chi connectivity index (χ3v) is 5.15. The smallest absolute Gasteiger partial charge is 0.243 e. The van der Waals surface area contributed by atoms with Gasteiger partial charge in [0.2, 0.25) is 10.0 Å². The Bertz CT molecular complexity index is 556. The lowest BCUT2D eigenvalue weighted by atomic mass is 10.1. The highest BCUT2D eigenvalue weighted by atomic mass is 32.2. The quantitative estimate of drug-likeness (QED) is 0.746.